The van der Waals surface area contributed by atoms with Gasteiger partial charge in [-0.15, -0.1) is 11.8 Å². The summed E-state index contributed by atoms with van der Waals surface area (Å²) < 4.78 is 26.4. The molecule has 0 aliphatic carbocycles. The van der Waals surface area contributed by atoms with Gasteiger partial charge in [0.05, 0.1) is 12.0 Å². The minimum absolute atomic E-state index is 0.0792. The van der Waals surface area contributed by atoms with E-state index in [1.807, 2.05) is 0 Å². The van der Waals surface area contributed by atoms with Crippen molar-refractivity contribution in [3.05, 3.63) is 12.0 Å². The van der Waals surface area contributed by atoms with Crippen molar-refractivity contribution in [1.82, 2.24) is 4.90 Å². The molecule has 8 heteroatoms. The van der Waals surface area contributed by atoms with Crippen LogP contribution < -0.4 is 5.73 Å². The summed E-state index contributed by atoms with van der Waals surface area (Å²) in [5.41, 5.74) is 5.55. The average Bonchev–Trinajstić information content (AvgIpc) is 2.14. The Kier molecular flexibility index (Phi) is 2.44. The molecule has 0 spiro atoms. The Balaban J connectivity index is 2.12. The molecule has 2 N–H and O–H groups in total. The third-order valence-corrected chi connectivity index (χ3v) is 3.89. The maximum atomic E-state index is 11.2. The second-order valence-corrected chi connectivity index (χ2v) is 6.04. The van der Waals surface area contributed by atoms with Crippen molar-refractivity contribution in [2.75, 3.05) is 12.0 Å². The summed E-state index contributed by atoms with van der Waals surface area (Å²) in [6.45, 7) is 0. The molecular weight excluding hydrogens is 240 g/mol. The highest BCUT2D eigenvalue weighted by atomic mass is 32.2. The Morgan fingerprint density at radius 3 is 2.93 bits per heavy atom. The number of carbonyl (C=O) groups excluding carboxylic acids is 1. The Hall–Kier alpha value is -0.730. The van der Waals surface area contributed by atoms with Crippen LogP contribution in [0.15, 0.2) is 12.0 Å². The highest BCUT2D eigenvalue weighted by Crippen LogP contribution is 2.35. The number of β-lactam (4-membered cyclic amide) rings is 1. The second-order valence-electron chi connectivity index (χ2n) is 3.36. The molecule has 2 aliphatic heterocycles. The SMILES string of the molecule is CS(=O)(=O)OC1=CN2C(=O)C(N)C2SC1. The Morgan fingerprint density at radius 1 is 1.67 bits per heavy atom. The molecule has 0 aromatic rings. The summed E-state index contributed by atoms with van der Waals surface area (Å²) in [5.74, 6) is 0.468. The van der Waals surface area contributed by atoms with Crippen LogP contribution in [0.5, 0.6) is 0 Å². The predicted molar refractivity (Wildman–Crippen MR) is 55.1 cm³/mol. The monoisotopic (exact) mass is 250 g/mol. The van der Waals surface area contributed by atoms with Gasteiger partial charge in [0, 0.05) is 6.20 Å². The molecule has 6 nitrogen and oxygen atoms in total. The van der Waals surface area contributed by atoms with Gasteiger partial charge in [-0.05, 0) is 0 Å². The second kappa shape index (κ2) is 3.39. The van der Waals surface area contributed by atoms with Crippen molar-refractivity contribution >= 4 is 27.8 Å². The number of hydrogen-bond donors (Lipinski definition) is 1. The molecule has 15 heavy (non-hydrogen) atoms. The molecule has 2 unspecified atom stereocenters. The number of thioether (sulfide) groups is 1. The van der Waals surface area contributed by atoms with Gasteiger partial charge in [-0.2, -0.15) is 8.42 Å². The molecule has 2 rings (SSSR count). The van der Waals surface area contributed by atoms with Crippen molar-refractivity contribution < 1.29 is 17.4 Å². The van der Waals surface area contributed by atoms with Crippen LogP contribution in [0.2, 0.25) is 0 Å². The summed E-state index contributed by atoms with van der Waals surface area (Å²) in [7, 11) is -3.52. The summed E-state index contributed by atoms with van der Waals surface area (Å²) in [5, 5.41) is -0.0792. The first-order chi connectivity index (χ1) is 6.88. The van der Waals surface area contributed by atoms with Crippen LogP contribution in [-0.2, 0) is 19.1 Å². The molecule has 84 valence electrons. The van der Waals surface area contributed by atoms with Crippen molar-refractivity contribution in [1.29, 1.82) is 0 Å². The first kappa shape index (κ1) is 10.8. The van der Waals surface area contributed by atoms with E-state index in [9.17, 15) is 13.2 Å². The quantitative estimate of drug-likeness (QED) is 0.502. The minimum atomic E-state index is -3.52. The van der Waals surface area contributed by atoms with Crippen molar-refractivity contribution in [3.63, 3.8) is 0 Å². The first-order valence-electron chi connectivity index (χ1n) is 4.18. The summed E-state index contributed by atoms with van der Waals surface area (Å²) in [6.07, 6.45) is 2.38. The van der Waals surface area contributed by atoms with Gasteiger partial charge >= 0.3 is 10.1 Å². The van der Waals surface area contributed by atoms with E-state index in [1.54, 1.807) is 0 Å². The fraction of sp³-hybridized carbons (Fsp3) is 0.571. The molecule has 0 saturated carbocycles. The number of nitrogens with two attached hydrogens (primary N) is 1. The van der Waals surface area contributed by atoms with Gasteiger partial charge in [0.1, 0.15) is 17.2 Å². The molecule has 1 saturated heterocycles. The molecule has 1 amide bonds. The van der Waals surface area contributed by atoms with Crippen LogP contribution in [0.4, 0.5) is 0 Å². The molecule has 2 heterocycles. The number of hydrogen-bond acceptors (Lipinski definition) is 6. The number of amides is 1. The van der Waals surface area contributed by atoms with E-state index >= 15 is 0 Å². The molecule has 0 aromatic heterocycles. The van der Waals surface area contributed by atoms with Crippen molar-refractivity contribution in [2.24, 2.45) is 5.73 Å². The highest BCUT2D eigenvalue weighted by Gasteiger charge is 2.46. The lowest BCUT2D eigenvalue weighted by atomic mass is 10.1. The Labute approximate surface area is 91.6 Å². The summed E-state index contributed by atoms with van der Waals surface area (Å²) >= 11 is 1.40. The zero-order chi connectivity index (χ0) is 11.2. The normalized spacial score (nSPS) is 30.4. The average molecular weight is 250 g/mol. The fourth-order valence-corrected chi connectivity index (χ4v) is 3.11. The van der Waals surface area contributed by atoms with Crippen molar-refractivity contribution in [3.8, 4) is 0 Å². The van der Waals surface area contributed by atoms with Crippen LogP contribution in [0.25, 0.3) is 0 Å². The highest BCUT2D eigenvalue weighted by molar-refractivity contribution is 8.00. The van der Waals surface area contributed by atoms with Gasteiger partial charge in [-0.25, -0.2) is 0 Å². The zero-order valence-corrected chi connectivity index (χ0v) is 9.55. The number of fused-ring (bicyclic) bond motifs is 1. The molecular formula is C7H10N2O4S2. The van der Waals surface area contributed by atoms with E-state index < -0.39 is 16.2 Å². The van der Waals surface area contributed by atoms with Gasteiger partial charge in [0.15, 0.2) is 0 Å². The Morgan fingerprint density at radius 2 is 2.33 bits per heavy atom. The predicted octanol–water partition coefficient (Wildman–Crippen LogP) is -0.954. The standard InChI is InChI=1S/C7H10N2O4S2/c1-15(11,12)13-4-2-9-6(10)5(8)7(9)14-3-4/h2,5,7H,3,8H2,1H3. The van der Waals surface area contributed by atoms with Crippen molar-refractivity contribution in [2.45, 2.75) is 11.4 Å². The lowest BCUT2D eigenvalue weighted by molar-refractivity contribution is -0.140. The van der Waals surface area contributed by atoms with Crippen LogP contribution in [0, 0.1) is 0 Å². The molecule has 2 aliphatic rings. The molecule has 1 fully saturated rings. The number of carbonyl (C=O) groups is 1. The van der Waals surface area contributed by atoms with E-state index in [-0.39, 0.29) is 17.0 Å². The van der Waals surface area contributed by atoms with Gasteiger partial charge in [-0.1, -0.05) is 0 Å². The van der Waals surface area contributed by atoms with Crippen LogP contribution in [0.3, 0.4) is 0 Å². The summed E-state index contributed by atoms with van der Waals surface area (Å²) in [6, 6.07) is -0.481. The van der Waals surface area contributed by atoms with Gasteiger partial charge in [0.2, 0.25) is 5.91 Å². The fourth-order valence-electron chi connectivity index (χ4n) is 1.43. The van der Waals surface area contributed by atoms with Crippen LogP contribution >= 0.6 is 11.8 Å². The van der Waals surface area contributed by atoms with E-state index in [0.717, 1.165) is 6.26 Å². The first-order valence-corrected chi connectivity index (χ1v) is 7.04. The van der Waals surface area contributed by atoms with E-state index in [1.165, 1.54) is 22.9 Å². The van der Waals surface area contributed by atoms with Crippen LogP contribution in [-0.4, -0.2) is 42.6 Å². The number of rotatable bonds is 2. The number of nitrogens with zero attached hydrogens (tertiary/aromatic N) is 1. The van der Waals surface area contributed by atoms with E-state index in [2.05, 4.69) is 0 Å². The smallest absolute Gasteiger partial charge is 0.306 e. The van der Waals surface area contributed by atoms with E-state index in [4.69, 9.17) is 9.92 Å². The molecule has 0 radical (unpaired) electrons. The van der Waals surface area contributed by atoms with Gasteiger partial charge in [0.25, 0.3) is 0 Å². The zero-order valence-electron chi connectivity index (χ0n) is 7.91. The molecule has 2 atom stereocenters. The Bertz CT molecular complexity index is 430. The van der Waals surface area contributed by atoms with Gasteiger partial charge in [-0.3, -0.25) is 9.69 Å². The molecule has 0 aromatic carbocycles. The van der Waals surface area contributed by atoms with Crippen LogP contribution in [0.1, 0.15) is 0 Å². The third-order valence-electron chi connectivity index (χ3n) is 2.06. The maximum absolute atomic E-state index is 11.2. The lowest BCUT2D eigenvalue weighted by Gasteiger charge is -2.45. The lowest BCUT2D eigenvalue weighted by Crippen LogP contribution is -2.66. The van der Waals surface area contributed by atoms with Gasteiger partial charge < -0.3 is 9.92 Å². The third kappa shape index (κ3) is 1.97. The van der Waals surface area contributed by atoms with E-state index in [0.29, 0.717) is 5.75 Å². The topological polar surface area (TPSA) is 89.7 Å². The minimum Gasteiger partial charge on any atom is -0.385 e. The largest absolute Gasteiger partial charge is 0.385 e. The summed E-state index contributed by atoms with van der Waals surface area (Å²) in [4.78, 5) is 12.6. The maximum Gasteiger partial charge on any atom is 0.306 e. The molecule has 0 bridgehead atoms.